The summed E-state index contributed by atoms with van der Waals surface area (Å²) in [5.74, 6) is 0. The molecule has 0 radical (unpaired) electrons. The van der Waals surface area contributed by atoms with Crippen molar-refractivity contribution < 1.29 is 4.42 Å². The predicted molar refractivity (Wildman–Crippen MR) is 76.1 cm³/mol. The van der Waals surface area contributed by atoms with E-state index in [4.69, 9.17) is 4.42 Å². The average Bonchev–Trinajstić information content (AvgIpc) is 3.15. The first-order valence-corrected chi connectivity index (χ1v) is 7.60. The van der Waals surface area contributed by atoms with E-state index in [1.165, 1.54) is 57.5 Å². The monoisotopic (exact) mass is 263 g/mol. The maximum absolute atomic E-state index is 5.06. The summed E-state index contributed by atoms with van der Waals surface area (Å²) in [6.45, 7) is 8.36. The van der Waals surface area contributed by atoms with Crippen LogP contribution >= 0.6 is 0 Å². The molecule has 19 heavy (non-hydrogen) atoms. The van der Waals surface area contributed by atoms with Gasteiger partial charge in [0, 0.05) is 37.8 Å². The second-order valence-electron chi connectivity index (χ2n) is 5.79. The van der Waals surface area contributed by atoms with E-state index in [1.807, 2.05) is 12.3 Å². The number of hydrogen-bond acceptors (Lipinski definition) is 4. The molecule has 0 aliphatic carbocycles. The maximum atomic E-state index is 5.06. The summed E-state index contributed by atoms with van der Waals surface area (Å²) < 4.78 is 5.06. The summed E-state index contributed by atoms with van der Waals surface area (Å²) in [5.41, 5.74) is 1.23. The SMILES string of the molecule is c1cc(CNCCN2CCC(N3CCCC3)C2)co1. The standard InChI is InChI=1S/C15H25N3O/c1-2-7-18(6-1)15-3-8-17(12-15)9-5-16-11-14-4-10-19-13-14/h4,10,13,15-16H,1-3,5-9,11-12H2. The van der Waals surface area contributed by atoms with Gasteiger partial charge in [-0.15, -0.1) is 0 Å². The summed E-state index contributed by atoms with van der Waals surface area (Å²) in [5, 5.41) is 3.48. The molecule has 1 unspecified atom stereocenters. The Morgan fingerprint density at radius 3 is 2.95 bits per heavy atom. The molecule has 2 aliphatic rings. The molecule has 0 spiro atoms. The zero-order valence-electron chi connectivity index (χ0n) is 11.7. The average molecular weight is 263 g/mol. The Hall–Kier alpha value is -0.840. The Kier molecular flexibility index (Phi) is 4.53. The molecular formula is C15H25N3O. The molecule has 1 atom stereocenters. The molecule has 3 heterocycles. The highest BCUT2D eigenvalue weighted by Crippen LogP contribution is 2.19. The second-order valence-corrected chi connectivity index (χ2v) is 5.79. The smallest absolute Gasteiger partial charge is 0.0947 e. The summed E-state index contributed by atoms with van der Waals surface area (Å²) in [6, 6.07) is 2.85. The van der Waals surface area contributed by atoms with Crippen LogP contribution in [0.4, 0.5) is 0 Å². The fourth-order valence-corrected chi connectivity index (χ4v) is 3.28. The van der Waals surface area contributed by atoms with Crippen LogP contribution < -0.4 is 5.32 Å². The lowest BCUT2D eigenvalue weighted by molar-refractivity contribution is 0.232. The lowest BCUT2D eigenvalue weighted by atomic mass is 10.2. The van der Waals surface area contributed by atoms with E-state index in [1.54, 1.807) is 6.26 Å². The van der Waals surface area contributed by atoms with Gasteiger partial charge in [0.1, 0.15) is 0 Å². The van der Waals surface area contributed by atoms with Crippen LogP contribution in [0, 0.1) is 0 Å². The lowest BCUT2D eigenvalue weighted by Gasteiger charge is -2.23. The Bertz CT molecular complexity index is 359. The van der Waals surface area contributed by atoms with Crippen molar-refractivity contribution in [3.05, 3.63) is 24.2 Å². The molecule has 106 valence electrons. The topological polar surface area (TPSA) is 31.6 Å². The van der Waals surface area contributed by atoms with Crippen LogP contribution in [-0.2, 0) is 6.54 Å². The zero-order chi connectivity index (χ0) is 12.9. The first-order chi connectivity index (χ1) is 9.42. The van der Waals surface area contributed by atoms with Crippen molar-refractivity contribution in [1.82, 2.24) is 15.1 Å². The van der Waals surface area contributed by atoms with Gasteiger partial charge in [0.2, 0.25) is 0 Å². The minimum atomic E-state index is 0.830. The van der Waals surface area contributed by atoms with Gasteiger partial charge < -0.3 is 14.6 Å². The van der Waals surface area contributed by atoms with Crippen LogP contribution in [0.1, 0.15) is 24.8 Å². The fourth-order valence-electron chi connectivity index (χ4n) is 3.28. The molecule has 4 heteroatoms. The molecule has 0 aromatic carbocycles. The van der Waals surface area contributed by atoms with Gasteiger partial charge in [0.05, 0.1) is 12.5 Å². The van der Waals surface area contributed by atoms with E-state index in [0.717, 1.165) is 19.1 Å². The molecule has 3 rings (SSSR count). The summed E-state index contributed by atoms with van der Waals surface area (Å²) >= 11 is 0. The number of hydrogen-bond donors (Lipinski definition) is 1. The van der Waals surface area contributed by atoms with Crippen LogP contribution in [0.3, 0.4) is 0 Å². The van der Waals surface area contributed by atoms with Gasteiger partial charge in [0.25, 0.3) is 0 Å². The van der Waals surface area contributed by atoms with Gasteiger partial charge in [-0.1, -0.05) is 0 Å². The van der Waals surface area contributed by atoms with Crippen molar-refractivity contribution >= 4 is 0 Å². The molecule has 1 aromatic rings. The van der Waals surface area contributed by atoms with Gasteiger partial charge in [-0.05, 0) is 45.0 Å². The van der Waals surface area contributed by atoms with Gasteiger partial charge in [0.15, 0.2) is 0 Å². The third kappa shape index (κ3) is 3.59. The molecule has 1 N–H and O–H groups in total. The van der Waals surface area contributed by atoms with E-state index in [0.29, 0.717) is 0 Å². The Morgan fingerprint density at radius 2 is 2.16 bits per heavy atom. The highest BCUT2D eigenvalue weighted by molar-refractivity contribution is 5.04. The molecule has 4 nitrogen and oxygen atoms in total. The number of rotatable bonds is 6. The first-order valence-electron chi connectivity index (χ1n) is 7.60. The lowest BCUT2D eigenvalue weighted by Crippen LogP contribution is -2.37. The summed E-state index contributed by atoms with van der Waals surface area (Å²) in [7, 11) is 0. The minimum Gasteiger partial charge on any atom is -0.472 e. The molecule has 2 fully saturated rings. The van der Waals surface area contributed by atoms with E-state index in [2.05, 4.69) is 15.1 Å². The predicted octanol–water partition coefficient (Wildman–Crippen LogP) is 1.54. The highest BCUT2D eigenvalue weighted by Gasteiger charge is 2.28. The Balaban J connectivity index is 1.31. The minimum absolute atomic E-state index is 0.830. The summed E-state index contributed by atoms with van der Waals surface area (Å²) in [6.07, 6.45) is 7.72. The largest absolute Gasteiger partial charge is 0.472 e. The Labute approximate surface area is 115 Å². The van der Waals surface area contributed by atoms with Gasteiger partial charge in [-0.2, -0.15) is 0 Å². The highest BCUT2D eigenvalue weighted by atomic mass is 16.3. The third-order valence-electron chi connectivity index (χ3n) is 4.42. The van der Waals surface area contributed by atoms with Gasteiger partial charge in [-0.3, -0.25) is 4.90 Å². The second kappa shape index (κ2) is 6.55. The van der Waals surface area contributed by atoms with Crippen LogP contribution in [0.2, 0.25) is 0 Å². The van der Waals surface area contributed by atoms with Crippen molar-refractivity contribution in [3.8, 4) is 0 Å². The van der Waals surface area contributed by atoms with Crippen molar-refractivity contribution in [3.63, 3.8) is 0 Å². The van der Waals surface area contributed by atoms with Crippen LogP contribution in [0.25, 0.3) is 0 Å². The third-order valence-corrected chi connectivity index (χ3v) is 4.42. The van der Waals surface area contributed by atoms with E-state index >= 15 is 0 Å². The Morgan fingerprint density at radius 1 is 1.26 bits per heavy atom. The maximum Gasteiger partial charge on any atom is 0.0947 e. The van der Waals surface area contributed by atoms with Crippen LogP contribution in [-0.4, -0.2) is 55.1 Å². The van der Waals surface area contributed by atoms with Crippen LogP contribution in [0.5, 0.6) is 0 Å². The van der Waals surface area contributed by atoms with Crippen LogP contribution in [0.15, 0.2) is 23.0 Å². The molecule has 0 bridgehead atoms. The molecule has 1 aromatic heterocycles. The quantitative estimate of drug-likeness (QED) is 0.789. The molecular weight excluding hydrogens is 238 g/mol. The number of likely N-dealkylation sites (tertiary alicyclic amines) is 2. The molecule has 0 amide bonds. The molecule has 2 saturated heterocycles. The van der Waals surface area contributed by atoms with Crippen molar-refractivity contribution in [1.29, 1.82) is 0 Å². The molecule has 2 aliphatic heterocycles. The fraction of sp³-hybridized carbons (Fsp3) is 0.733. The normalized spacial score (nSPS) is 25.4. The number of nitrogens with zero attached hydrogens (tertiary/aromatic N) is 2. The van der Waals surface area contributed by atoms with Crippen molar-refractivity contribution in [2.75, 3.05) is 39.3 Å². The van der Waals surface area contributed by atoms with Crippen molar-refractivity contribution in [2.24, 2.45) is 0 Å². The van der Waals surface area contributed by atoms with Gasteiger partial charge >= 0.3 is 0 Å². The zero-order valence-corrected chi connectivity index (χ0v) is 11.7. The number of nitrogens with one attached hydrogen (secondary N) is 1. The van der Waals surface area contributed by atoms with E-state index < -0.39 is 0 Å². The van der Waals surface area contributed by atoms with Crippen molar-refractivity contribution in [2.45, 2.75) is 31.8 Å². The molecule has 0 saturated carbocycles. The van der Waals surface area contributed by atoms with Gasteiger partial charge in [-0.25, -0.2) is 0 Å². The van der Waals surface area contributed by atoms with E-state index in [-0.39, 0.29) is 0 Å². The summed E-state index contributed by atoms with van der Waals surface area (Å²) in [4.78, 5) is 5.30. The van der Waals surface area contributed by atoms with E-state index in [9.17, 15) is 0 Å². The number of furan rings is 1. The first kappa shape index (κ1) is 13.2.